The molecule has 0 N–H and O–H groups in total. The first-order chi connectivity index (χ1) is 12.8. The Morgan fingerprint density at radius 2 is 2.04 bits per heavy atom. The number of aromatic nitrogens is 5. The summed E-state index contributed by atoms with van der Waals surface area (Å²) in [6.45, 7) is 0.837. The van der Waals surface area contributed by atoms with Gasteiger partial charge < -0.3 is 4.74 Å². The van der Waals surface area contributed by atoms with Crippen molar-refractivity contribution in [3.8, 4) is 28.1 Å². The smallest absolute Gasteiger partial charge is 0.174 e. The van der Waals surface area contributed by atoms with Crippen LogP contribution in [0.25, 0.3) is 28.0 Å². The van der Waals surface area contributed by atoms with Gasteiger partial charge in [-0.15, -0.1) is 0 Å². The highest BCUT2D eigenvalue weighted by Gasteiger charge is 2.27. The second-order valence-electron chi connectivity index (χ2n) is 6.27. The molecular formula is C19H16FN5O. The Bertz CT molecular complexity index is 1130. The molecule has 0 fully saturated rings. The fraction of sp³-hybridized carbons (Fsp3) is 0.211. The molecule has 0 saturated heterocycles. The van der Waals surface area contributed by atoms with Crippen molar-refractivity contribution in [1.29, 1.82) is 0 Å². The predicted molar refractivity (Wildman–Crippen MR) is 94.5 cm³/mol. The number of hydrogen-bond acceptors (Lipinski definition) is 4. The van der Waals surface area contributed by atoms with Crippen LogP contribution in [0.4, 0.5) is 4.39 Å². The Kier molecular flexibility index (Phi) is 3.28. The van der Waals surface area contributed by atoms with Gasteiger partial charge in [0.25, 0.3) is 0 Å². The van der Waals surface area contributed by atoms with Gasteiger partial charge in [-0.05, 0) is 37.1 Å². The molecule has 26 heavy (non-hydrogen) atoms. The van der Waals surface area contributed by atoms with Crippen LogP contribution >= 0.6 is 0 Å². The number of benzene rings is 1. The average Bonchev–Trinajstić information content (AvgIpc) is 3.37. The molecule has 5 rings (SSSR count). The van der Waals surface area contributed by atoms with Crippen molar-refractivity contribution < 1.29 is 9.13 Å². The monoisotopic (exact) mass is 349 g/mol. The molecule has 7 heteroatoms. The Morgan fingerprint density at radius 3 is 2.92 bits per heavy atom. The normalized spacial score (nSPS) is 13.3. The van der Waals surface area contributed by atoms with E-state index < -0.39 is 5.82 Å². The maximum Gasteiger partial charge on any atom is 0.174 e. The van der Waals surface area contributed by atoms with Gasteiger partial charge in [0, 0.05) is 35.1 Å². The summed E-state index contributed by atoms with van der Waals surface area (Å²) in [6.07, 6.45) is 5.31. The highest BCUT2D eigenvalue weighted by Crippen LogP contribution is 2.40. The summed E-state index contributed by atoms with van der Waals surface area (Å²) in [5.41, 5.74) is 4.73. The van der Waals surface area contributed by atoms with E-state index in [2.05, 4.69) is 10.1 Å². The second-order valence-corrected chi connectivity index (χ2v) is 6.27. The largest absolute Gasteiger partial charge is 0.494 e. The lowest BCUT2D eigenvalue weighted by Crippen LogP contribution is -1.96. The number of rotatable bonds is 3. The van der Waals surface area contributed by atoms with E-state index in [4.69, 9.17) is 9.84 Å². The van der Waals surface area contributed by atoms with E-state index in [1.165, 1.54) is 13.4 Å². The molecule has 1 aromatic carbocycles. The molecule has 0 bridgehead atoms. The summed E-state index contributed by atoms with van der Waals surface area (Å²) >= 11 is 0. The molecule has 4 heterocycles. The number of pyridine rings is 1. The van der Waals surface area contributed by atoms with Crippen molar-refractivity contribution in [2.75, 3.05) is 7.11 Å². The Balaban J connectivity index is 1.83. The van der Waals surface area contributed by atoms with E-state index in [9.17, 15) is 4.39 Å². The minimum atomic E-state index is -0.401. The van der Waals surface area contributed by atoms with Gasteiger partial charge in [-0.1, -0.05) is 6.07 Å². The van der Waals surface area contributed by atoms with E-state index in [0.717, 1.165) is 41.9 Å². The highest BCUT2D eigenvalue weighted by molar-refractivity contribution is 5.89. The minimum absolute atomic E-state index is 0.210. The quantitative estimate of drug-likeness (QED) is 0.569. The SMILES string of the molecule is COc1cccc(-c2nn3c(c2-c2cccn4ncnc24)CCC3)c1F. The van der Waals surface area contributed by atoms with Gasteiger partial charge in [0.15, 0.2) is 17.2 Å². The van der Waals surface area contributed by atoms with Gasteiger partial charge in [0.1, 0.15) is 12.0 Å². The van der Waals surface area contributed by atoms with E-state index >= 15 is 0 Å². The number of hydrogen-bond donors (Lipinski definition) is 0. The fourth-order valence-corrected chi connectivity index (χ4v) is 3.70. The maximum atomic E-state index is 15.0. The average molecular weight is 349 g/mol. The van der Waals surface area contributed by atoms with Gasteiger partial charge in [0.05, 0.1) is 7.11 Å². The Labute approximate surface area is 148 Å². The molecule has 0 amide bonds. The molecule has 130 valence electrons. The van der Waals surface area contributed by atoms with Gasteiger partial charge in [-0.3, -0.25) is 4.68 Å². The Morgan fingerprint density at radius 1 is 1.15 bits per heavy atom. The summed E-state index contributed by atoms with van der Waals surface area (Å²) in [5, 5.41) is 8.94. The number of ether oxygens (including phenoxy) is 1. The van der Waals surface area contributed by atoms with E-state index in [-0.39, 0.29) is 5.75 Å². The van der Waals surface area contributed by atoms with Crippen molar-refractivity contribution in [3.63, 3.8) is 0 Å². The number of halogens is 1. The van der Waals surface area contributed by atoms with Crippen LogP contribution in [0.1, 0.15) is 12.1 Å². The van der Waals surface area contributed by atoms with E-state index in [1.807, 2.05) is 23.0 Å². The van der Waals surface area contributed by atoms with Crippen LogP contribution in [0, 0.1) is 5.82 Å². The van der Waals surface area contributed by atoms with E-state index in [1.54, 1.807) is 22.7 Å². The van der Waals surface area contributed by atoms with Crippen LogP contribution < -0.4 is 4.74 Å². The molecule has 0 spiro atoms. The molecule has 0 aliphatic carbocycles. The van der Waals surface area contributed by atoms with Crippen LogP contribution in [0.3, 0.4) is 0 Å². The molecule has 1 aliphatic rings. The standard InChI is InChI=1S/C19H16FN5O/c1-26-15-8-2-5-13(17(15)20)18-16(14-7-4-9-24(14)23-18)12-6-3-10-25-19(12)21-11-22-25/h2-3,5-6,8,10-11H,4,7,9H2,1H3. The van der Waals surface area contributed by atoms with Crippen LogP contribution in [0.15, 0.2) is 42.9 Å². The van der Waals surface area contributed by atoms with Crippen molar-refractivity contribution in [2.45, 2.75) is 19.4 Å². The lowest BCUT2D eigenvalue weighted by molar-refractivity contribution is 0.387. The molecule has 0 unspecified atom stereocenters. The summed E-state index contributed by atoms with van der Waals surface area (Å²) in [6, 6.07) is 9.04. The molecule has 3 aromatic heterocycles. The zero-order valence-electron chi connectivity index (χ0n) is 14.2. The topological polar surface area (TPSA) is 57.2 Å². The lowest BCUT2D eigenvalue weighted by Gasteiger charge is -2.09. The summed E-state index contributed by atoms with van der Waals surface area (Å²) in [7, 11) is 1.47. The van der Waals surface area contributed by atoms with Gasteiger partial charge in [0.2, 0.25) is 0 Å². The highest BCUT2D eigenvalue weighted by atomic mass is 19.1. The molecule has 6 nitrogen and oxygen atoms in total. The molecular weight excluding hydrogens is 333 g/mol. The van der Waals surface area contributed by atoms with Gasteiger partial charge >= 0.3 is 0 Å². The minimum Gasteiger partial charge on any atom is -0.494 e. The predicted octanol–water partition coefficient (Wildman–Crippen LogP) is 3.35. The first kappa shape index (κ1) is 15.1. The first-order valence-electron chi connectivity index (χ1n) is 8.49. The van der Waals surface area contributed by atoms with Crippen LogP contribution in [0.2, 0.25) is 0 Å². The van der Waals surface area contributed by atoms with Crippen LogP contribution in [-0.2, 0) is 13.0 Å². The second kappa shape index (κ2) is 5.66. The molecule has 0 saturated carbocycles. The lowest BCUT2D eigenvalue weighted by atomic mass is 9.98. The number of fused-ring (bicyclic) bond motifs is 2. The fourth-order valence-electron chi connectivity index (χ4n) is 3.70. The van der Waals surface area contributed by atoms with E-state index in [0.29, 0.717) is 11.3 Å². The number of methoxy groups -OCH3 is 1. The zero-order valence-corrected chi connectivity index (χ0v) is 14.2. The summed E-state index contributed by atoms with van der Waals surface area (Å²) < 4.78 is 23.8. The molecule has 1 aliphatic heterocycles. The maximum absolute atomic E-state index is 15.0. The zero-order chi connectivity index (χ0) is 17.7. The van der Waals surface area contributed by atoms with Gasteiger partial charge in [-0.2, -0.15) is 10.2 Å². The van der Waals surface area contributed by atoms with Crippen LogP contribution in [0.5, 0.6) is 5.75 Å². The number of aryl methyl sites for hydroxylation is 1. The third-order valence-corrected chi connectivity index (χ3v) is 4.85. The van der Waals surface area contributed by atoms with Crippen molar-refractivity contribution in [1.82, 2.24) is 24.4 Å². The third kappa shape index (κ3) is 2.06. The molecule has 0 radical (unpaired) electrons. The van der Waals surface area contributed by atoms with Gasteiger partial charge in [-0.25, -0.2) is 13.9 Å². The molecule has 0 atom stereocenters. The first-order valence-corrected chi connectivity index (χ1v) is 8.49. The summed E-state index contributed by atoms with van der Waals surface area (Å²) in [4.78, 5) is 4.39. The van der Waals surface area contributed by atoms with Crippen LogP contribution in [-0.4, -0.2) is 31.5 Å². The number of nitrogens with zero attached hydrogens (tertiary/aromatic N) is 5. The summed E-state index contributed by atoms with van der Waals surface area (Å²) in [5.74, 6) is -0.191. The van der Waals surface area contributed by atoms with Crippen molar-refractivity contribution >= 4 is 5.65 Å². The van der Waals surface area contributed by atoms with Crippen molar-refractivity contribution in [3.05, 3.63) is 54.4 Å². The van der Waals surface area contributed by atoms with Crippen molar-refractivity contribution in [2.24, 2.45) is 0 Å². The third-order valence-electron chi connectivity index (χ3n) is 4.85. The Hall–Kier alpha value is -3.22. The molecule has 4 aromatic rings.